The van der Waals surface area contributed by atoms with E-state index in [1.165, 1.54) is 74.4 Å². The molecule has 13 heteroatoms. The first-order valence-corrected chi connectivity index (χ1v) is 14.9. The van der Waals surface area contributed by atoms with E-state index in [0.29, 0.717) is 16.7 Å². The molecule has 3 aromatic carbocycles. The smallest absolute Gasteiger partial charge is 0.251 e. The van der Waals surface area contributed by atoms with Crippen LogP contribution in [0.5, 0.6) is 0 Å². The summed E-state index contributed by atoms with van der Waals surface area (Å²) in [6.45, 7) is 3.92. The second-order valence-corrected chi connectivity index (χ2v) is 12.5. The Morgan fingerprint density at radius 2 is 1.66 bits per heavy atom. The molecule has 214 valence electrons. The van der Waals surface area contributed by atoms with Gasteiger partial charge in [-0.25, -0.2) is 17.1 Å². The van der Waals surface area contributed by atoms with Gasteiger partial charge in [-0.2, -0.15) is 0 Å². The Hall–Kier alpha value is -4.07. The van der Waals surface area contributed by atoms with E-state index in [1.807, 2.05) is 32.0 Å². The Labute approximate surface area is 242 Å². The predicted molar refractivity (Wildman–Crippen MR) is 155 cm³/mol. The number of carbonyl (C=O) groups excluding carboxylic acids is 2. The monoisotopic (exact) mass is 596 g/mol. The quantitative estimate of drug-likeness (QED) is 0.266. The number of nitrogens with one attached hydrogen (secondary N) is 2. The van der Waals surface area contributed by atoms with E-state index in [2.05, 4.69) is 20.8 Å². The van der Waals surface area contributed by atoms with Crippen LogP contribution in [0.3, 0.4) is 0 Å². The average Bonchev–Trinajstić information content (AvgIpc) is 3.35. The van der Waals surface area contributed by atoms with Crippen LogP contribution in [-0.4, -0.2) is 59.2 Å². The number of aromatic nitrogens is 3. The number of carbonyl (C=O) groups is 2. The molecule has 0 aliphatic heterocycles. The highest BCUT2D eigenvalue weighted by molar-refractivity contribution is 7.99. The molecule has 0 bridgehead atoms. The van der Waals surface area contributed by atoms with Crippen molar-refractivity contribution in [1.82, 2.24) is 24.4 Å². The molecule has 1 aromatic heterocycles. The SMILES string of the molecule is Cc1ccc(C)c(-n2c(CNC(=O)c3ccc(S(=O)(=O)N(C)C)cc3)nnc2SCC(=O)Nc2ccc(F)cc2)c1. The van der Waals surface area contributed by atoms with Gasteiger partial charge < -0.3 is 10.6 Å². The van der Waals surface area contributed by atoms with Crippen LogP contribution in [0.15, 0.2) is 76.8 Å². The lowest BCUT2D eigenvalue weighted by molar-refractivity contribution is -0.113. The molecule has 0 saturated carbocycles. The first-order chi connectivity index (χ1) is 19.5. The van der Waals surface area contributed by atoms with E-state index in [4.69, 9.17) is 0 Å². The van der Waals surface area contributed by atoms with Crippen LogP contribution in [0, 0.1) is 19.7 Å². The molecule has 0 saturated heterocycles. The highest BCUT2D eigenvalue weighted by Gasteiger charge is 2.20. The standard InChI is InChI=1S/C28H29FN6O4S2/c1-18-5-6-19(2)24(15-18)35-25(16-30-27(37)20-7-13-23(14-8-20)41(38,39)34(3)4)32-33-28(35)40-17-26(36)31-22-11-9-21(29)10-12-22/h5-15H,16-17H2,1-4H3,(H,30,37)(H,31,36). The topological polar surface area (TPSA) is 126 Å². The maximum atomic E-state index is 13.2. The van der Waals surface area contributed by atoms with E-state index in [-0.39, 0.29) is 28.7 Å². The molecule has 10 nitrogen and oxygen atoms in total. The van der Waals surface area contributed by atoms with Crippen LogP contribution < -0.4 is 10.6 Å². The number of sulfonamides is 1. The Morgan fingerprint density at radius 3 is 2.32 bits per heavy atom. The van der Waals surface area contributed by atoms with Crippen molar-refractivity contribution in [2.24, 2.45) is 0 Å². The molecule has 2 amide bonds. The van der Waals surface area contributed by atoms with Crippen molar-refractivity contribution in [2.45, 2.75) is 30.4 Å². The van der Waals surface area contributed by atoms with Gasteiger partial charge >= 0.3 is 0 Å². The van der Waals surface area contributed by atoms with Crippen molar-refractivity contribution in [1.29, 1.82) is 0 Å². The molecule has 1 heterocycles. The van der Waals surface area contributed by atoms with Crippen molar-refractivity contribution in [3.63, 3.8) is 0 Å². The number of amides is 2. The number of halogens is 1. The van der Waals surface area contributed by atoms with Crippen molar-refractivity contribution in [3.8, 4) is 5.69 Å². The van der Waals surface area contributed by atoms with Crippen LogP contribution in [0.1, 0.15) is 27.3 Å². The summed E-state index contributed by atoms with van der Waals surface area (Å²) in [6.07, 6.45) is 0. The second-order valence-electron chi connectivity index (χ2n) is 9.36. The van der Waals surface area contributed by atoms with Gasteiger partial charge in [0.25, 0.3) is 5.91 Å². The van der Waals surface area contributed by atoms with E-state index >= 15 is 0 Å². The molecule has 41 heavy (non-hydrogen) atoms. The highest BCUT2D eigenvalue weighted by Crippen LogP contribution is 2.26. The number of thioether (sulfide) groups is 1. The fourth-order valence-electron chi connectivity index (χ4n) is 3.82. The molecule has 0 radical (unpaired) electrons. The highest BCUT2D eigenvalue weighted by atomic mass is 32.2. The van der Waals surface area contributed by atoms with Crippen LogP contribution >= 0.6 is 11.8 Å². The minimum Gasteiger partial charge on any atom is -0.345 e. The predicted octanol–water partition coefficient (Wildman–Crippen LogP) is 3.93. The first kappa shape index (κ1) is 29.9. The normalized spacial score (nSPS) is 11.5. The zero-order chi connectivity index (χ0) is 29.7. The van der Waals surface area contributed by atoms with E-state index < -0.39 is 21.7 Å². The van der Waals surface area contributed by atoms with Gasteiger partial charge in [-0.1, -0.05) is 23.9 Å². The lowest BCUT2D eigenvalue weighted by atomic mass is 10.1. The second kappa shape index (κ2) is 12.6. The average molecular weight is 597 g/mol. The van der Waals surface area contributed by atoms with Crippen molar-refractivity contribution < 1.29 is 22.4 Å². The minimum atomic E-state index is -3.61. The third-order valence-electron chi connectivity index (χ3n) is 6.07. The van der Waals surface area contributed by atoms with Crippen LogP contribution in [-0.2, 0) is 21.4 Å². The fourth-order valence-corrected chi connectivity index (χ4v) is 5.49. The molecule has 0 aliphatic carbocycles. The van der Waals surface area contributed by atoms with Crippen LogP contribution in [0.4, 0.5) is 10.1 Å². The number of hydrogen-bond donors (Lipinski definition) is 2. The number of rotatable bonds is 10. The molecule has 4 aromatic rings. The molecular formula is C28H29FN6O4S2. The first-order valence-electron chi connectivity index (χ1n) is 12.5. The Bertz CT molecular complexity index is 1670. The number of hydrogen-bond acceptors (Lipinski definition) is 7. The summed E-state index contributed by atoms with van der Waals surface area (Å²) in [5.41, 5.74) is 3.51. The molecule has 0 unspecified atom stereocenters. The van der Waals surface area contributed by atoms with Gasteiger partial charge in [0.1, 0.15) is 5.82 Å². The fraction of sp³-hybridized carbons (Fsp3) is 0.214. The maximum absolute atomic E-state index is 13.2. The van der Waals surface area contributed by atoms with Gasteiger partial charge in [-0.3, -0.25) is 14.2 Å². The van der Waals surface area contributed by atoms with Crippen LogP contribution in [0.25, 0.3) is 5.69 Å². The number of benzene rings is 3. The third kappa shape index (κ3) is 7.17. The molecule has 2 N–H and O–H groups in total. The number of nitrogens with zero attached hydrogens (tertiary/aromatic N) is 4. The Kier molecular flexibility index (Phi) is 9.21. The largest absolute Gasteiger partial charge is 0.345 e. The minimum absolute atomic E-state index is 0.0228. The summed E-state index contributed by atoms with van der Waals surface area (Å²) in [4.78, 5) is 25.5. The molecular weight excluding hydrogens is 567 g/mol. The van der Waals surface area contributed by atoms with Gasteiger partial charge in [0.2, 0.25) is 15.9 Å². The lowest BCUT2D eigenvalue weighted by Gasteiger charge is -2.14. The zero-order valence-corrected chi connectivity index (χ0v) is 24.5. The molecule has 0 fully saturated rings. The van der Waals surface area contributed by atoms with Crippen molar-refractivity contribution in [3.05, 3.63) is 95.1 Å². The van der Waals surface area contributed by atoms with E-state index in [0.717, 1.165) is 21.1 Å². The number of aryl methyl sites for hydroxylation is 2. The summed E-state index contributed by atoms with van der Waals surface area (Å²) >= 11 is 1.17. The van der Waals surface area contributed by atoms with Gasteiger partial charge in [0.05, 0.1) is 22.9 Å². The van der Waals surface area contributed by atoms with E-state index in [9.17, 15) is 22.4 Å². The summed E-state index contributed by atoms with van der Waals surface area (Å²) in [5, 5.41) is 14.6. The van der Waals surface area contributed by atoms with Crippen molar-refractivity contribution >= 4 is 39.3 Å². The summed E-state index contributed by atoms with van der Waals surface area (Å²) in [5.74, 6) is -0.642. The summed E-state index contributed by atoms with van der Waals surface area (Å²) in [7, 11) is -0.739. The Balaban J connectivity index is 1.52. The molecule has 0 aliphatic rings. The number of anilines is 1. The molecule has 4 rings (SSSR count). The zero-order valence-electron chi connectivity index (χ0n) is 22.9. The third-order valence-corrected chi connectivity index (χ3v) is 8.83. The molecule has 0 spiro atoms. The summed E-state index contributed by atoms with van der Waals surface area (Å²) < 4.78 is 40.7. The Morgan fingerprint density at radius 1 is 0.976 bits per heavy atom. The van der Waals surface area contributed by atoms with Gasteiger partial charge in [-0.15, -0.1) is 10.2 Å². The van der Waals surface area contributed by atoms with E-state index in [1.54, 1.807) is 4.57 Å². The van der Waals surface area contributed by atoms with Crippen LogP contribution in [0.2, 0.25) is 0 Å². The molecule has 0 atom stereocenters. The lowest BCUT2D eigenvalue weighted by Crippen LogP contribution is -2.25. The summed E-state index contributed by atoms with van der Waals surface area (Å²) in [6, 6.07) is 17.1. The maximum Gasteiger partial charge on any atom is 0.251 e. The van der Waals surface area contributed by atoms with Crippen molar-refractivity contribution in [2.75, 3.05) is 25.2 Å². The van der Waals surface area contributed by atoms with Gasteiger partial charge in [0, 0.05) is 25.3 Å². The van der Waals surface area contributed by atoms with Gasteiger partial charge in [-0.05, 0) is 79.6 Å². The van der Waals surface area contributed by atoms with Gasteiger partial charge in [0.15, 0.2) is 11.0 Å².